The van der Waals surface area contributed by atoms with Crippen LogP contribution < -0.4 is 16.0 Å². The van der Waals surface area contributed by atoms with Gasteiger partial charge >= 0.3 is 0 Å². The Bertz CT molecular complexity index is 749. The van der Waals surface area contributed by atoms with E-state index in [4.69, 9.17) is 0 Å². The lowest BCUT2D eigenvalue weighted by molar-refractivity contribution is -0.114. The number of nitrogens with zero attached hydrogens (tertiary/aromatic N) is 2. The zero-order valence-corrected chi connectivity index (χ0v) is 15.1. The van der Waals surface area contributed by atoms with E-state index in [1.807, 2.05) is 13.8 Å². The largest absolute Gasteiger partial charge is 0.357 e. The van der Waals surface area contributed by atoms with Gasteiger partial charge in [0.1, 0.15) is 12.4 Å². The fourth-order valence-electron chi connectivity index (χ4n) is 2.39. The number of aliphatic imine (C=N–C) groups is 1. The number of rotatable bonds is 7. The predicted molar refractivity (Wildman–Crippen MR) is 102 cm³/mol. The highest BCUT2D eigenvalue weighted by atomic mass is 19.1. The summed E-state index contributed by atoms with van der Waals surface area (Å²) >= 11 is 0. The molecule has 0 unspecified atom stereocenters. The molecule has 0 aliphatic carbocycles. The molecule has 0 fully saturated rings. The third-order valence-corrected chi connectivity index (χ3v) is 3.66. The van der Waals surface area contributed by atoms with Crippen molar-refractivity contribution in [3.8, 4) is 0 Å². The number of pyridine rings is 1. The normalized spacial score (nSPS) is 11.1. The number of nitrogens with one attached hydrogen (secondary N) is 3. The molecule has 1 aromatic heterocycles. The van der Waals surface area contributed by atoms with Gasteiger partial charge in [-0.3, -0.25) is 9.78 Å². The Kier molecular flexibility index (Phi) is 7.54. The van der Waals surface area contributed by atoms with E-state index in [-0.39, 0.29) is 18.3 Å². The monoisotopic (exact) mass is 357 g/mol. The summed E-state index contributed by atoms with van der Waals surface area (Å²) in [5.74, 6) is 0.118. The minimum Gasteiger partial charge on any atom is -0.357 e. The van der Waals surface area contributed by atoms with Crippen molar-refractivity contribution >= 4 is 17.6 Å². The number of aryl methyl sites for hydroxylation is 1. The number of aromatic nitrogens is 1. The van der Waals surface area contributed by atoms with Gasteiger partial charge < -0.3 is 16.0 Å². The van der Waals surface area contributed by atoms with E-state index in [9.17, 15) is 9.18 Å². The van der Waals surface area contributed by atoms with Gasteiger partial charge in [-0.05, 0) is 55.7 Å². The topological polar surface area (TPSA) is 78.4 Å². The summed E-state index contributed by atoms with van der Waals surface area (Å²) in [5, 5.41) is 9.02. The first kappa shape index (κ1) is 19.4. The van der Waals surface area contributed by atoms with Crippen LogP contribution in [0, 0.1) is 12.7 Å². The number of halogens is 1. The van der Waals surface area contributed by atoms with Crippen LogP contribution in [0.4, 0.5) is 10.1 Å². The van der Waals surface area contributed by atoms with Crippen LogP contribution in [-0.4, -0.2) is 36.5 Å². The van der Waals surface area contributed by atoms with E-state index in [2.05, 4.69) is 25.9 Å². The molecule has 2 rings (SSSR count). The van der Waals surface area contributed by atoms with E-state index in [1.165, 1.54) is 12.1 Å². The molecule has 0 bridgehead atoms. The summed E-state index contributed by atoms with van der Waals surface area (Å²) in [6.45, 7) is 5.16. The molecule has 2 aromatic rings. The molecule has 1 heterocycles. The maximum absolute atomic E-state index is 13.1. The smallest absolute Gasteiger partial charge is 0.246 e. The quantitative estimate of drug-likeness (QED) is 0.525. The Labute approximate surface area is 152 Å². The average molecular weight is 357 g/mol. The number of carbonyl (C=O) groups is 1. The van der Waals surface area contributed by atoms with Gasteiger partial charge in [0.15, 0.2) is 5.96 Å². The van der Waals surface area contributed by atoms with Crippen molar-refractivity contribution in [2.45, 2.75) is 20.3 Å². The minimum atomic E-state index is -0.228. The van der Waals surface area contributed by atoms with Crippen LogP contribution in [0.3, 0.4) is 0 Å². The maximum Gasteiger partial charge on any atom is 0.246 e. The molecule has 1 aromatic carbocycles. The Balaban J connectivity index is 1.84. The summed E-state index contributed by atoms with van der Waals surface area (Å²) in [6, 6.07) is 8.30. The number of carbonyl (C=O) groups excluding carboxylic acids is 1. The minimum absolute atomic E-state index is 0.000195. The van der Waals surface area contributed by atoms with Crippen molar-refractivity contribution in [2.75, 3.05) is 25.0 Å². The summed E-state index contributed by atoms with van der Waals surface area (Å²) < 4.78 is 13.1. The zero-order valence-electron chi connectivity index (χ0n) is 15.1. The lowest BCUT2D eigenvalue weighted by atomic mass is 10.1. The molecule has 1 amide bonds. The highest BCUT2D eigenvalue weighted by Crippen LogP contribution is 2.10. The summed E-state index contributed by atoms with van der Waals surface area (Å²) in [7, 11) is 0. The third-order valence-electron chi connectivity index (χ3n) is 3.66. The van der Waals surface area contributed by atoms with Crippen LogP contribution in [0.2, 0.25) is 0 Å². The fourth-order valence-corrected chi connectivity index (χ4v) is 2.39. The number of hydrogen-bond donors (Lipinski definition) is 3. The van der Waals surface area contributed by atoms with Crippen LogP contribution >= 0.6 is 0 Å². The van der Waals surface area contributed by atoms with Crippen LogP contribution in [0.5, 0.6) is 0 Å². The summed E-state index contributed by atoms with van der Waals surface area (Å²) in [5.41, 5.74) is 2.63. The van der Waals surface area contributed by atoms with Gasteiger partial charge in [0, 0.05) is 19.3 Å². The van der Waals surface area contributed by atoms with Crippen molar-refractivity contribution in [3.05, 3.63) is 59.7 Å². The van der Waals surface area contributed by atoms with Crippen LogP contribution in [0.15, 0.2) is 47.7 Å². The average Bonchev–Trinajstić information content (AvgIpc) is 2.62. The number of hydrogen-bond acceptors (Lipinski definition) is 3. The molecule has 26 heavy (non-hydrogen) atoms. The highest BCUT2D eigenvalue weighted by Gasteiger charge is 2.04. The van der Waals surface area contributed by atoms with E-state index in [0.717, 1.165) is 17.5 Å². The maximum atomic E-state index is 13.1. The molecule has 0 aliphatic heterocycles. The number of guanidine groups is 1. The molecule has 6 nitrogen and oxygen atoms in total. The fraction of sp³-hybridized carbons (Fsp3) is 0.316. The standard InChI is InChI=1S/C19H24FN5O/c1-3-22-19(23-10-8-15-6-7-16(20)11-14(15)2)24-13-18(26)25-17-5-4-9-21-12-17/h4-7,9,11-12H,3,8,10,13H2,1-2H3,(H,25,26)(H2,22,23,24). The second-order valence-electron chi connectivity index (χ2n) is 5.73. The molecular weight excluding hydrogens is 333 g/mol. The first-order valence-electron chi connectivity index (χ1n) is 8.55. The Morgan fingerprint density at radius 1 is 1.27 bits per heavy atom. The van der Waals surface area contributed by atoms with Crippen LogP contribution in [0.1, 0.15) is 18.1 Å². The van der Waals surface area contributed by atoms with Crippen molar-refractivity contribution in [1.82, 2.24) is 15.6 Å². The second kappa shape index (κ2) is 10.1. The van der Waals surface area contributed by atoms with Gasteiger partial charge in [-0.25, -0.2) is 9.38 Å². The van der Waals surface area contributed by atoms with Gasteiger partial charge in [-0.1, -0.05) is 6.07 Å². The Morgan fingerprint density at radius 2 is 2.12 bits per heavy atom. The summed E-state index contributed by atoms with van der Waals surface area (Å²) in [6.07, 6.45) is 3.96. The lowest BCUT2D eigenvalue weighted by Gasteiger charge is -2.12. The Hall–Kier alpha value is -2.96. The second-order valence-corrected chi connectivity index (χ2v) is 5.73. The van der Waals surface area contributed by atoms with Crippen LogP contribution in [-0.2, 0) is 11.2 Å². The molecule has 138 valence electrons. The first-order valence-corrected chi connectivity index (χ1v) is 8.55. The van der Waals surface area contributed by atoms with Crippen molar-refractivity contribution in [1.29, 1.82) is 0 Å². The lowest BCUT2D eigenvalue weighted by Crippen LogP contribution is -2.39. The molecule has 3 N–H and O–H groups in total. The Morgan fingerprint density at radius 3 is 2.81 bits per heavy atom. The van der Waals surface area contributed by atoms with E-state index in [1.54, 1.807) is 30.6 Å². The van der Waals surface area contributed by atoms with Crippen LogP contribution in [0.25, 0.3) is 0 Å². The zero-order chi connectivity index (χ0) is 18.8. The molecule has 0 saturated carbocycles. The van der Waals surface area contributed by atoms with Gasteiger partial charge in [-0.15, -0.1) is 0 Å². The molecule has 0 saturated heterocycles. The van der Waals surface area contributed by atoms with E-state index < -0.39 is 0 Å². The molecule has 0 spiro atoms. The number of amides is 1. The SMILES string of the molecule is CCNC(=NCC(=O)Nc1cccnc1)NCCc1ccc(F)cc1C. The van der Waals surface area contributed by atoms with Gasteiger partial charge in [0.2, 0.25) is 5.91 Å². The predicted octanol–water partition coefficient (Wildman–Crippen LogP) is 2.27. The highest BCUT2D eigenvalue weighted by molar-refractivity contribution is 5.93. The van der Waals surface area contributed by atoms with Gasteiger partial charge in [0.05, 0.1) is 11.9 Å². The molecule has 0 atom stereocenters. The van der Waals surface area contributed by atoms with Crippen molar-refractivity contribution < 1.29 is 9.18 Å². The molecular formula is C19H24FN5O. The number of benzene rings is 1. The first-order chi connectivity index (χ1) is 12.6. The van der Waals surface area contributed by atoms with Gasteiger partial charge in [-0.2, -0.15) is 0 Å². The summed E-state index contributed by atoms with van der Waals surface area (Å²) in [4.78, 5) is 20.2. The molecule has 0 radical (unpaired) electrons. The van der Waals surface area contributed by atoms with Crippen molar-refractivity contribution in [3.63, 3.8) is 0 Å². The van der Waals surface area contributed by atoms with Gasteiger partial charge in [0.25, 0.3) is 0 Å². The molecule has 0 aliphatic rings. The third kappa shape index (κ3) is 6.51. The van der Waals surface area contributed by atoms with E-state index >= 15 is 0 Å². The van der Waals surface area contributed by atoms with Crippen molar-refractivity contribution in [2.24, 2.45) is 4.99 Å². The van der Waals surface area contributed by atoms with E-state index in [0.29, 0.717) is 24.7 Å². The molecule has 7 heteroatoms. The number of anilines is 1.